The van der Waals surface area contributed by atoms with Crippen molar-refractivity contribution < 1.29 is 9.53 Å². The summed E-state index contributed by atoms with van der Waals surface area (Å²) in [6, 6.07) is 6.76. The standard InChI is InChI=1S/C14H17N3O3S/c1-10-3-4-11(21-10)9-15-14(19)12-5-6-13(18)17(16-12)7-8-20-2/h3-6H,7-9H2,1-2H3,(H,15,19). The minimum atomic E-state index is -0.299. The van der Waals surface area contributed by atoms with Crippen molar-refractivity contribution in [2.75, 3.05) is 13.7 Å². The lowest BCUT2D eigenvalue weighted by Gasteiger charge is -2.07. The summed E-state index contributed by atoms with van der Waals surface area (Å²) >= 11 is 1.63. The lowest BCUT2D eigenvalue weighted by molar-refractivity contribution is 0.0942. The molecule has 0 unspecified atom stereocenters. The zero-order valence-corrected chi connectivity index (χ0v) is 12.8. The van der Waals surface area contributed by atoms with E-state index in [4.69, 9.17) is 4.74 Å². The molecule has 0 spiro atoms. The van der Waals surface area contributed by atoms with Crippen LogP contribution < -0.4 is 10.9 Å². The molecule has 0 bridgehead atoms. The van der Waals surface area contributed by atoms with E-state index in [-0.39, 0.29) is 17.2 Å². The molecule has 6 nitrogen and oxygen atoms in total. The third-order valence-electron chi connectivity index (χ3n) is 2.83. The fourth-order valence-corrected chi connectivity index (χ4v) is 2.58. The molecule has 0 saturated carbocycles. The van der Waals surface area contributed by atoms with Gasteiger partial charge in [-0.05, 0) is 25.1 Å². The number of hydrogen-bond donors (Lipinski definition) is 1. The van der Waals surface area contributed by atoms with Gasteiger partial charge in [0, 0.05) is 22.9 Å². The van der Waals surface area contributed by atoms with E-state index >= 15 is 0 Å². The van der Waals surface area contributed by atoms with Gasteiger partial charge >= 0.3 is 0 Å². The summed E-state index contributed by atoms with van der Waals surface area (Å²) in [4.78, 5) is 25.9. The molecule has 0 radical (unpaired) electrons. The molecule has 2 heterocycles. The number of nitrogens with one attached hydrogen (secondary N) is 1. The molecule has 7 heteroatoms. The molecule has 0 atom stereocenters. The third kappa shape index (κ3) is 4.24. The number of aryl methyl sites for hydroxylation is 1. The van der Waals surface area contributed by atoms with Gasteiger partial charge in [0.05, 0.1) is 19.7 Å². The van der Waals surface area contributed by atoms with Crippen molar-refractivity contribution in [2.24, 2.45) is 0 Å². The van der Waals surface area contributed by atoms with Crippen LogP contribution in [-0.2, 0) is 17.8 Å². The maximum Gasteiger partial charge on any atom is 0.272 e. The molecule has 2 rings (SSSR count). The molecule has 1 amide bonds. The average Bonchev–Trinajstić information content (AvgIpc) is 2.89. The van der Waals surface area contributed by atoms with Crippen LogP contribution in [0.15, 0.2) is 29.1 Å². The van der Waals surface area contributed by atoms with Crippen LogP contribution >= 0.6 is 11.3 Å². The lowest BCUT2D eigenvalue weighted by atomic mass is 10.3. The molecule has 0 fully saturated rings. The van der Waals surface area contributed by atoms with Crippen molar-refractivity contribution in [3.63, 3.8) is 0 Å². The highest BCUT2D eigenvalue weighted by atomic mass is 32.1. The van der Waals surface area contributed by atoms with Gasteiger partial charge in [0.15, 0.2) is 0 Å². The van der Waals surface area contributed by atoms with E-state index in [2.05, 4.69) is 10.4 Å². The molecular weight excluding hydrogens is 290 g/mol. The Morgan fingerprint density at radius 2 is 2.19 bits per heavy atom. The highest BCUT2D eigenvalue weighted by Crippen LogP contribution is 2.14. The monoisotopic (exact) mass is 307 g/mol. The van der Waals surface area contributed by atoms with Crippen LogP contribution in [0.1, 0.15) is 20.2 Å². The Labute approximate surface area is 126 Å². The Morgan fingerprint density at radius 3 is 2.86 bits per heavy atom. The number of aromatic nitrogens is 2. The molecule has 112 valence electrons. The summed E-state index contributed by atoms with van der Waals surface area (Å²) in [5, 5.41) is 6.84. The molecule has 0 aromatic carbocycles. The van der Waals surface area contributed by atoms with Gasteiger partial charge in [0.1, 0.15) is 5.69 Å². The van der Waals surface area contributed by atoms with Crippen LogP contribution in [0.2, 0.25) is 0 Å². The first-order valence-electron chi connectivity index (χ1n) is 6.51. The van der Waals surface area contributed by atoms with Crippen molar-refractivity contribution >= 4 is 17.2 Å². The van der Waals surface area contributed by atoms with E-state index in [0.29, 0.717) is 19.7 Å². The molecule has 0 saturated heterocycles. The van der Waals surface area contributed by atoms with Gasteiger partial charge in [-0.15, -0.1) is 11.3 Å². The van der Waals surface area contributed by atoms with Gasteiger partial charge in [-0.3, -0.25) is 9.59 Å². The number of methoxy groups -OCH3 is 1. The predicted molar refractivity (Wildman–Crippen MR) is 80.6 cm³/mol. The van der Waals surface area contributed by atoms with Crippen LogP contribution in [0, 0.1) is 6.92 Å². The Morgan fingerprint density at radius 1 is 1.38 bits per heavy atom. The molecule has 0 aliphatic rings. The third-order valence-corrected chi connectivity index (χ3v) is 3.83. The van der Waals surface area contributed by atoms with E-state index in [1.165, 1.54) is 21.7 Å². The van der Waals surface area contributed by atoms with Crippen molar-refractivity contribution in [1.29, 1.82) is 0 Å². The summed E-state index contributed by atoms with van der Waals surface area (Å²) < 4.78 is 6.14. The second kappa shape index (κ2) is 7.14. The normalized spacial score (nSPS) is 10.6. The summed E-state index contributed by atoms with van der Waals surface area (Å²) in [7, 11) is 1.55. The molecule has 2 aromatic rings. The quantitative estimate of drug-likeness (QED) is 0.870. The first-order chi connectivity index (χ1) is 10.1. The summed E-state index contributed by atoms with van der Waals surface area (Å²) in [5.41, 5.74) is -0.0311. The fraction of sp³-hybridized carbons (Fsp3) is 0.357. The van der Waals surface area contributed by atoms with Crippen LogP contribution in [0.25, 0.3) is 0 Å². The second-order valence-corrected chi connectivity index (χ2v) is 5.84. The number of nitrogens with zero attached hydrogens (tertiary/aromatic N) is 2. The van der Waals surface area contributed by atoms with E-state index in [0.717, 1.165) is 4.88 Å². The number of amides is 1. The summed E-state index contributed by atoms with van der Waals surface area (Å²) in [6.07, 6.45) is 0. The Kier molecular flexibility index (Phi) is 5.24. The number of carbonyl (C=O) groups excluding carboxylic acids is 1. The Hall–Kier alpha value is -1.99. The minimum Gasteiger partial charge on any atom is -0.383 e. The smallest absolute Gasteiger partial charge is 0.272 e. The van der Waals surface area contributed by atoms with Crippen molar-refractivity contribution in [3.8, 4) is 0 Å². The van der Waals surface area contributed by atoms with Crippen molar-refractivity contribution in [3.05, 3.63) is 50.1 Å². The van der Waals surface area contributed by atoms with Crippen LogP contribution in [-0.4, -0.2) is 29.4 Å². The average molecular weight is 307 g/mol. The van der Waals surface area contributed by atoms with Gasteiger partial charge in [-0.25, -0.2) is 4.68 Å². The van der Waals surface area contributed by atoms with Gasteiger partial charge < -0.3 is 10.1 Å². The van der Waals surface area contributed by atoms with Crippen LogP contribution in [0.3, 0.4) is 0 Å². The maximum atomic E-state index is 12.0. The molecule has 0 aliphatic heterocycles. The second-order valence-electron chi connectivity index (χ2n) is 4.47. The number of hydrogen-bond acceptors (Lipinski definition) is 5. The highest BCUT2D eigenvalue weighted by molar-refractivity contribution is 7.11. The summed E-state index contributed by atoms with van der Waals surface area (Å²) in [6.45, 7) is 3.16. The van der Waals surface area contributed by atoms with E-state index < -0.39 is 0 Å². The van der Waals surface area contributed by atoms with Crippen LogP contribution in [0.5, 0.6) is 0 Å². The highest BCUT2D eigenvalue weighted by Gasteiger charge is 2.09. The van der Waals surface area contributed by atoms with E-state index in [1.54, 1.807) is 18.4 Å². The number of thiophene rings is 1. The fourth-order valence-electron chi connectivity index (χ4n) is 1.75. The molecule has 21 heavy (non-hydrogen) atoms. The van der Waals surface area contributed by atoms with Gasteiger partial charge in [-0.1, -0.05) is 0 Å². The van der Waals surface area contributed by atoms with Gasteiger partial charge in [0.25, 0.3) is 11.5 Å². The van der Waals surface area contributed by atoms with Gasteiger partial charge in [0.2, 0.25) is 0 Å². The van der Waals surface area contributed by atoms with Crippen LogP contribution in [0.4, 0.5) is 0 Å². The van der Waals surface area contributed by atoms with Crippen molar-refractivity contribution in [1.82, 2.24) is 15.1 Å². The molecular formula is C14H17N3O3S. The Bertz CT molecular complexity index is 678. The molecule has 0 aliphatic carbocycles. The summed E-state index contributed by atoms with van der Waals surface area (Å²) in [5.74, 6) is -0.299. The lowest BCUT2D eigenvalue weighted by Crippen LogP contribution is -2.30. The molecule has 2 aromatic heterocycles. The first-order valence-corrected chi connectivity index (χ1v) is 7.32. The zero-order chi connectivity index (χ0) is 15.2. The number of rotatable bonds is 6. The molecule has 1 N–H and O–H groups in total. The number of ether oxygens (including phenoxy) is 1. The largest absolute Gasteiger partial charge is 0.383 e. The zero-order valence-electron chi connectivity index (χ0n) is 12.0. The predicted octanol–water partition coefficient (Wildman–Crippen LogP) is 1.19. The minimum absolute atomic E-state index is 0.221. The first kappa shape index (κ1) is 15.4. The topological polar surface area (TPSA) is 73.2 Å². The number of carbonyl (C=O) groups is 1. The SMILES string of the molecule is COCCn1nc(C(=O)NCc2ccc(C)s2)ccc1=O. The van der Waals surface area contributed by atoms with E-state index in [9.17, 15) is 9.59 Å². The van der Waals surface area contributed by atoms with Gasteiger partial charge in [-0.2, -0.15) is 5.10 Å². The van der Waals surface area contributed by atoms with E-state index in [1.807, 2.05) is 19.1 Å². The van der Waals surface area contributed by atoms with Crippen molar-refractivity contribution in [2.45, 2.75) is 20.0 Å². The Balaban J connectivity index is 2.03. The maximum absolute atomic E-state index is 12.0.